The monoisotopic (exact) mass is 323 g/mol. The van der Waals surface area contributed by atoms with Crippen LogP contribution in [0.3, 0.4) is 0 Å². The molecule has 0 atom stereocenters. The summed E-state index contributed by atoms with van der Waals surface area (Å²) in [5, 5.41) is 17.0. The number of aryl methyl sites for hydroxylation is 1. The molecule has 2 aromatic rings. The Labute approximate surface area is 141 Å². The molecule has 24 heavy (non-hydrogen) atoms. The highest BCUT2D eigenvalue weighted by Crippen LogP contribution is 2.24. The first kappa shape index (κ1) is 15.1. The minimum atomic E-state index is 0.410. The Hall–Kier alpha value is -2.46. The number of anilines is 1. The molecule has 1 fully saturated rings. The van der Waals surface area contributed by atoms with Gasteiger partial charge in [-0.3, -0.25) is 10.00 Å². The predicted octanol–water partition coefficient (Wildman–Crippen LogP) is 1.27. The van der Waals surface area contributed by atoms with Crippen LogP contribution in [-0.2, 0) is 19.4 Å². The number of nitriles is 1. The van der Waals surface area contributed by atoms with Crippen molar-refractivity contribution in [1.29, 1.82) is 5.26 Å². The summed E-state index contributed by atoms with van der Waals surface area (Å²) in [7, 11) is 0. The minimum Gasteiger partial charge on any atom is -0.352 e. The zero-order valence-corrected chi connectivity index (χ0v) is 13.7. The zero-order chi connectivity index (χ0) is 16.4. The molecule has 7 nitrogen and oxygen atoms in total. The van der Waals surface area contributed by atoms with E-state index in [-0.39, 0.29) is 0 Å². The van der Waals surface area contributed by atoms with E-state index in [2.05, 4.69) is 36.0 Å². The molecule has 3 heterocycles. The largest absolute Gasteiger partial charge is 0.352 e. The Balaban J connectivity index is 1.40. The molecule has 0 radical (unpaired) electrons. The van der Waals surface area contributed by atoms with Crippen LogP contribution in [0, 0.1) is 11.3 Å². The van der Waals surface area contributed by atoms with Gasteiger partial charge < -0.3 is 4.90 Å². The maximum Gasteiger partial charge on any atom is 0.183 e. The number of hydrogen-bond acceptors (Lipinski definition) is 6. The normalized spacial score (nSPS) is 18.2. The Morgan fingerprint density at radius 2 is 1.88 bits per heavy atom. The van der Waals surface area contributed by atoms with E-state index in [1.807, 2.05) is 0 Å². The first-order chi connectivity index (χ1) is 11.8. The van der Waals surface area contributed by atoms with Crippen LogP contribution in [0.4, 0.5) is 5.82 Å². The second kappa shape index (κ2) is 6.57. The number of piperazine rings is 1. The van der Waals surface area contributed by atoms with Gasteiger partial charge in [-0.05, 0) is 31.2 Å². The molecular weight excluding hydrogens is 302 g/mol. The lowest BCUT2D eigenvalue weighted by atomic mass is 9.96. The zero-order valence-electron chi connectivity index (χ0n) is 13.7. The fourth-order valence-corrected chi connectivity index (χ4v) is 3.65. The van der Waals surface area contributed by atoms with Crippen molar-refractivity contribution in [3.63, 3.8) is 0 Å². The molecule has 124 valence electrons. The van der Waals surface area contributed by atoms with Crippen molar-refractivity contribution in [2.45, 2.75) is 32.2 Å². The molecule has 1 N–H and O–H groups in total. The lowest BCUT2D eigenvalue weighted by Crippen LogP contribution is -2.46. The topological polar surface area (TPSA) is 84.7 Å². The Kier molecular flexibility index (Phi) is 4.13. The molecule has 7 heteroatoms. The van der Waals surface area contributed by atoms with Gasteiger partial charge >= 0.3 is 0 Å². The van der Waals surface area contributed by atoms with E-state index in [1.165, 1.54) is 29.8 Å². The van der Waals surface area contributed by atoms with Crippen molar-refractivity contribution in [3.05, 3.63) is 35.0 Å². The summed E-state index contributed by atoms with van der Waals surface area (Å²) in [6, 6.07) is 2.13. The minimum absolute atomic E-state index is 0.410. The van der Waals surface area contributed by atoms with Crippen molar-refractivity contribution >= 4 is 5.82 Å². The molecular formula is C17H21N7. The van der Waals surface area contributed by atoms with Gasteiger partial charge in [0.05, 0.1) is 5.69 Å². The predicted molar refractivity (Wildman–Crippen MR) is 89.5 cm³/mol. The van der Waals surface area contributed by atoms with Gasteiger partial charge in [-0.1, -0.05) is 0 Å². The highest BCUT2D eigenvalue weighted by atomic mass is 15.3. The molecule has 2 aliphatic rings. The summed E-state index contributed by atoms with van der Waals surface area (Å²) in [5.74, 6) is 0.705. The molecule has 4 rings (SSSR count). The van der Waals surface area contributed by atoms with Crippen molar-refractivity contribution in [1.82, 2.24) is 25.1 Å². The number of H-pyrrole nitrogens is 1. The number of nitrogens with zero attached hydrogens (tertiary/aromatic N) is 6. The molecule has 2 aromatic heterocycles. The van der Waals surface area contributed by atoms with Crippen LogP contribution >= 0.6 is 0 Å². The summed E-state index contributed by atoms with van der Waals surface area (Å²) in [4.78, 5) is 13.0. The van der Waals surface area contributed by atoms with E-state index in [4.69, 9.17) is 0 Å². The van der Waals surface area contributed by atoms with Gasteiger partial charge in [0.15, 0.2) is 11.5 Å². The third kappa shape index (κ3) is 2.85. The van der Waals surface area contributed by atoms with Gasteiger partial charge in [0.1, 0.15) is 6.07 Å². The summed E-state index contributed by atoms with van der Waals surface area (Å²) in [5.41, 5.74) is 4.42. The number of aromatic amines is 1. The molecule has 1 saturated heterocycles. The first-order valence-electron chi connectivity index (χ1n) is 8.58. The van der Waals surface area contributed by atoms with Crippen molar-refractivity contribution in [2.24, 2.45) is 0 Å². The highest BCUT2D eigenvalue weighted by molar-refractivity contribution is 5.49. The maximum atomic E-state index is 9.18. The third-order valence-electron chi connectivity index (χ3n) is 4.97. The van der Waals surface area contributed by atoms with Crippen LogP contribution in [0.25, 0.3) is 0 Å². The average molecular weight is 323 g/mol. The smallest absolute Gasteiger partial charge is 0.183 e. The number of fused-ring (bicyclic) bond motifs is 1. The van der Waals surface area contributed by atoms with Crippen molar-refractivity contribution < 1.29 is 0 Å². The van der Waals surface area contributed by atoms with E-state index in [1.54, 1.807) is 12.4 Å². The molecule has 0 bridgehead atoms. The van der Waals surface area contributed by atoms with E-state index >= 15 is 0 Å². The van der Waals surface area contributed by atoms with Gasteiger partial charge in [0.25, 0.3) is 0 Å². The standard InChI is InChI=1S/C17H21N7/c18-11-15-17(20-6-5-19-15)24-9-7-23(8-10-24)12-16-13-3-1-2-4-14(13)21-22-16/h5-6H,1-4,7-10,12H2,(H,21,22). The van der Waals surface area contributed by atoms with Crippen molar-refractivity contribution in [2.75, 3.05) is 31.1 Å². The van der Waals surface area contributed by atoms with Gasteiger partial charge in [0, 0.05) is 50.8 Å². The fraction of sp³-hybridized carbons (Fsp3) is 0.529. The second-order valence-electron chi connectivity index (χ2n) is 6.44. The number of aromatic nitrogens is 4. The Morgan fingerprint density at radius 1 is 1.08 bits per heavy atom. The Morgan fingerprint density at radius 3 is 2.71 bits per heavy atom. The van der Waals surface area contributed by atoms with E-state index < -0.39 is 0 Å². The highest BCUT2D eigenvalue weighted by Gasteiger charge is 2.23. The summed E-state index contributed by atoms with van der Waals surface area (Å²) in [6.45, 7) is 4.53. The van der Waals surface area contributed by atoms with Gasteiger partial charge in [-0.25, -0.2) is 9.97 Å². The van der Waals surface area contributed by atoms with Crippen LogP contribution in [0.15, 0.2) is 12.4 Å². The molecule has 1 aliphatic heterocycles. The van der Waals surface area contributed by atoms with E-state index in [9.17, 15) is 5.26 Å². The lowest BCUT2D eigenvalue weighted by molar-refractivity contribution is 0.245. The summed E-state index contributed by atoms with van der Waals surface area (Å²) < 4.78 is 0. The summed E-state index contributed by atoms with van der Waals surface area (Å²) >= 11 is 0. The number of rotatable bonds is 3. The second-order valence-corrected chi connectivity index (χ2v) is 6.44. The first-order valence-corrected chi connectivity index (χ1v) is 8.58. The van der Waals surface area contributed by atoms with E-state index in [0.717, 1.165) is 45.6 Å². The van der Waals surface area contributed by atoms with Crippen LogP contribution in [-0.4, -0.2) is 51.2 Å². The lowest BCUT2D eigenvalue weighted by Gasteiger charge is -2.35. The number of nitrogens with one attached hydrogen (secondary N) is 1. The van der Waals surface area contributed by atoms with Gasteiger partial charge in [-0.2, -0.15) is 10.4 Å². The SMILES string of the molecule is N#Cc1nccnc1N1CCN(Cc2n[nH]c3c2CCCC3)CC1. The molecule has 0 amide bonds. The maximum absolute atomic E-state index is 9.18. The van der Waals surface area contributed by atoms with Crippen molar-refractivity contribution in [3.8, 4) is 6.07 Å². The van der Waals surface area contributed by atoms with Crippen LogP contribution in [0.1, 0.15) is 35.5 Å². The Bertz CT molecular complexity index is 753. The van der Waals surface area contributed by atoms with Gasteiger partial charge in [0.2, 0.25) is 0 Å². The van der Waals surface area contributed by atoms with Crippen LogP contribution in [0.5, 0.6) is 0 Å². The average Bonchev–Trinajstić information content (AvgIpc) is 3.05. The molecule has 1 aliphatic carbocycles. The molecule has 0 aromatic carbocycles. The summed E-state index contributed by atoms with van der Waals surface area (Å²) in [6.07, 6.45) is 8.06. The third-order valence-corrected chi connectivity index (χ3v) is 4.97. The quantitative estimate of drug-likeness (QED) is 0.916. The van der Waals surface area contributed by atoms with Gasteiger partial charge in [-0.15, -0.1) is 0 Å². The number of hydrogen-bond donors (Lipinski definition) is 1. The molecule has 0 spiro atoms. The van der Waals surface area contributed by atoms with Crippen LogP contribution < -0.4 is 4.90 Å². The molecule has 0 saturated carbocycles. The van der Waals surface area contributed by atoms with Crippen LogP contribution in [0.2, 0.25) is 0 Å². The van der Waals surface area contributed by atoms with E-state index in [0.29, 0.717) is 11.5 Å². The molecule has 0 unspecified atom stereocenters. The fourth-order valence-electron chi connectivity index (χ4n) is 3.65.